The summed E-state index contributed by atoms with van der Waals surface area (Å²) in [5, 5.41) is 9.48. The van der Waals surface area contributed by atoms with Crippen molar-refractivity contribution in [2.75, 3.05) is 0 Å². The number of rotatable bonds is 2. The van der Waals surface area contributed by atoms with Crippen LogP contribution in [-0.4, -0.2) is 10.7 Å². The predicted molar refractivity (Wildman–Crippen MR) is 101 cm³/mol. The second-order valence-corrected chi connectivity index (χ2v) is 7.72. The third-order valence-corrected chi connectivity index (χ3v) is 5.85. The molecule has 0 fully saturated rings. The molecular weight excluding hydrogens is 371 g/mol. The maximum Gasteiger partial charge on any atom is 0.213 e. The van der Waals surface area contributed by atoms with Crippen molar-refractivity contribution in [3.8, 4) is 5.75 Å². The highest BCUT2D eigenvalue weighted by Gasteiger charge is 2.41. The van der Waals surface area contributed by atoms with Gasteiger partial charge in [-0.3, -0.25) is 0 Å². The van der Waals surface area contributed by atoms with Crippen LogP contribution in [0.4, 0.5) is 4.39 Å². The quantitative estimate of drug-likeness (QED) is 0.559. The molecule has 0 bridgehead atoms. The largest absolute Gasteiger partial charge is 0.464 e. The van der Waals surface area contributed by atoms with Crippen LogP contribution in [0.1, 0.15) is 34.7 Å². The first-order valence-corrected chi connectivity index (χ1v) is 9.56. The Hall–Kier alpha value is -2.37. The number of hydrogen-bond acceptors (Lipinski definition) is 4. The van der Waals surface area contributed by atoms with Gasteiger partial charge < -0.3 is 4.74 Å². The molecule has 130 valence electrons. The fourth-order valence-electron chi connectivity index (χ4n) is 3.53. The molecular formula is C20H14ClFN2OS. The van der Waals surface area contributed by atoms with Crippen molar-refractivity contribution in [1.29, 1.82) is 0 Å². The lowest BCUT2D eigenvalue weighted by atomic mass is 9.97. The molecule has 0 unspecified atom stereocenters. The van der Waals surface area contributed by atoms with Gasteiger partial charge in [0.05, 0.1) is 16.6 Å². The van der Waals surface area contributed by atoms with E-state index in [9.17, 15) is 4.39 Å². The Labute approximate surface area is 159 Å². The van der Waals surface area contributed by atoms with E-state index < -0.39 is 6.23 Å². The third kappa shape index (κ3) is 2.59. The second-order valence-electron chi connectivity index (χ2n) is 6.33. The zero-order valence-electron chi connectivity index (χ0n) is 13.6. The molecule has 0 spiro atoms. The minimum absolute atomic E-state index is 0.0165. The minimum atomic E-state index is -0.471. The Morgan fingerprint density at radius 1 is 1.15 bits per heavy atom. The summed E-state index contributed by atoms with van der Waals surface area (Å²) in [6, 6.07) is 16.2. The third-order valence-electron chi connectivity index (χ3n) is 4.69. The van der Waals surface area contributed by atoms with E-state index in [4.69, 9.17) is 21.4 Å². The summed E-state index contributed by atoms with van der Waals surface area (Å²) < 4.78 is 20.0. The number of hydrazone groups is 1. The van der Waals surface area contributed by atoms with Crippen LogP contribution >= 0.6 is 22.9 Å². The zero-order chi connectivity index (χ0) is 17.7. The van der Waals surface area contributed by atoms with Gasteiger partial charge in [0.25, 0.3) is 0 Å². The van der Waals surface area contributed by atoms with E-state index in [2.05, 4.69) is 6.07 Å². The van der Waals surface area contributed by atoms with E-state index in [-0.39, 0.29) is 11.9 Å². The van der Waals surface area contributed by atoms with Gasteiger partial charge in [0.15, 0.2) is 0 Å². The van der Waals surface area contributed by atoms with Gasteiger partial charge >= 0.3 is 0 Å². The molecule has 2 aliphatic heterocycles. The molecule has 0 radical (unpaired) electrons. The smallest absolute Gasteiger partial charge is 0.213 e. The number of thiophene rings is 1. The average Bonchev–Trinajstić information content (AvgIpc) is 3.31. The van der Waals surface area contributed by atoms with Gasteiger partial charge in [-0.1, -0.05) is 29.8 Å². The molecule has 2 aromatic carbocycles. The van der Waals surface area contributed by atoms with Crippen molar-refractivity contribution in [3.05, 3.63) is 86.8 Å². The van der Waals surface area contributed by atoms with Crippen molar-refractivity contribution in [3.63, 3.8) is 0 Å². The van der Waals surface area contributed by atoms with Crippen LogP contribution in [0, 0.1) is 5.82 Å². The standard InChI is InChI=1S/C20H14ClFN2OS/c21-13-6-7-18-15(10-13)17-11-16(19-5-2-8-26-19)23-24(17)20(25-18)12-3-1-4-14(22)9-12/h1-10,17,20H,11H2/t17-,20+/m0/s1. The fraction of sp³-hybridized carbons (Fsp3) is 0.150. The Kier molecular flexibility index (Phi) is 3.72. The minimum Gasteiger partial charge on any atom is -0.464 e. The van der Waals surface area contributed by atoms with Crippen molar-refractivity contribution in [2.45, 2.75) is 18.7 Å². The lowest BCUT2D eigenvalue weighted by Gasteiger charge is -2.38. The highest BCUT2D eigenvalue weighted by atomic mass is 35.5. The molecule has 26 heavy (non-hydrogen) atoms. The van der Waals surface area contributed by atoms with Gasteiger partial charge in [0.1, 0.15) is 11.6 Å². The molecule has 2 aliphatic rings. The van der Waals surface area contributed by atoms with Gasteiger partial charge in [0, 0.05) is 22.6 Å². The molecule has 0 saturated carbocycles. The molecule has 1 aromatic heterocycles. The van der Waals surface area contributed by atoms with Crippen LogP contribution in [0.2, 0.25) is 5.02 Å². The molecule has 5 rings (SSSR count). The molecule has 0 aliphatic carbocycles. The number of hydrogen-bond donors (Lipinski definition) is 0. The molecule has 3 aromatic rings. The summed E-state index contributed by atoms with van der Waals surface area (Å²) in [5.41, 5.74) is 2.77. The van der Waals surface area contributed by atoms with Gasteiger partial charge in [-0.2, -0.15) is 5.10 Å². The number of fused-ring (bicyclic) bond motifs is 3. The van der Waals surface area contributed by atoms with Crippen molar-refractivity contribution < 1.29 is 9.13 Å². The first kappa shape index (κ1) is 15.9. The molecule has 2 atom stereocenters. The number of benzene rings is 2. The Bertz CT molecular complexity index is 1000. The topological polar surface area (TPSA) is 24.8 Å². The van der Waals surface area contributed by atoms with Gasteiger partial charge in [-0.25, -0.2) is 9.40 Å². The van der Waals surface area contributed by atoms with Crippen molar-refractivity contribution in [2.24, 2.45) is 5.10 Å². The molecule has 0 saturated heterocycles. The summed E-state index contributed by atoms with van der Waals surface area (Å²) in [4.78, 5) is 1.14. The molecule has 3 heterocycles. The average molecular weight is 385 g/mol. The van der Waals surface area contributed by atoms with Crippen LogP contribution in [-0.2, 0) is 0 Å². The molecule has 0 amide bonds. The summed E-state index contributed by atoms with van der Waals surface area (Å²) in [6.07, 6.45) is 0.296. The summed E-state index contributed by atoms with van der Waals surface area (Å²) >= 11 is 7.88. The Morgan fingerprint density at radius 2 is 2.08 bits per heavy atom. The number of halogens is 2. The summed E-state index contributed by atoms with van der Waals surface area (Å²) in [7, 11) is 0. The Morgan fingerprint density at radius 3 is 2.88 bits per heavy atom. The lowest BCUT2D eigenvalue weighted by Crippen LogP contribution is -2.33. The fourth-order valence-corrected chi connectivity index (χ4v) is 4.43. The Balaban J connectivity index is 1.63. The summed E-state index contributed by atoms with van der Waals surface area (Å²) in [6.45, 7) is 0. The van der Waals surface area contributed by atoms with E-state index in [0.29, 0.717) is 5.02 Å². The monoisotopic (exact) mass is 384 g/mol. The van der Waals surface area contributed by atoms with Crippen LogP contribution in [0.3, 0.4) is 0 Å². The zero-order valence-corrected chi connectivity index (χ0v) is 15.2. The highest BCUT2D eigenvalue weighted by molar-refractivity contribution is 7.12. The number of ether oxygens (including phenoxy) is 1. The molecule has 3 nitrogen and oxygen atoms in total. The van der Waals surface area contributed by atoms with Crippen LogP contribution in [0.5, 0.6) is 5.75 Å². The second kappa shape index (κ2) is 6.11. The normalized spacial score (nSPS) is 21.0. The molecule has 6 heteroatoms. The predicted octanol–water partition coefficient (Wildman–Crippen LogP) is 5.78. The van der Waals surface area contributed by atoms with Gasteiger partial charge in [-0.05, 0) is 41.8 Å². The van der Waals surface area contributed by atoms with Crippen LogP contribution in [0.25, 0.3) is 0 Å². The summed E-state index contributed by atoms with van der Waals surface area (Å²) in [5.74, 6) is 0.485. The first-order chi connectivity index (χ1) is 12.7. The van der Waals surface area contributed by atoms with Crippen molar-refractivity contribution >= 4 is 28.6 Å². The van der Waals surface area contributed by atoms with E-state index in [1.807, 2.05) is 40.7 Å². The van der Waals surface area contributed by atoms with Crippen LogP contribution < -0.4 is 4.74 Å². The van der Waals surface area contributed by atoms with E-state index >= 15 is 0 Å². The lowest BCUT2D eigenvalue weighted by molar-refractivity contribution is -0.0192. The van der Waals surface area contributed by atoms with Crippen molar-refractivity contribution in [1.82, 2.24) is 5.01 Å². The SMILES string of the molecule is Fc1cccc([C@H]2Oc3ccc(Cl)cc3[C@@H]3CC(c4cccs4)=NN23)c1. The van der Waals surface area contributed by atoms with Gasteiger partial charge in [-0.15, -0.1) is 11.3 Å². The van der Waals surface area contributed by atoms with Gasteiger partial charge in [0.2, 0.25) is 6.23 Å². The van der Waals surface area contributed by atoms with E-state index in [1.54, 1.807) is 17.4 Å². The van der Waals surface area contributed by atoms with E-state index in [1.165, 1.54) is 12.1 Å². The van der Waals surface area contributed by atoms with Crippen LogP contribution in [0.15, 0.2) is 65.1 Å². The van der Waals surface area contributed by atoms with E-state index in [0.717, 1.165) is 33.9 Å². The first-order valence-electron chi connectivity index (χ1n) is 8.30. The highest BCUT2D eigenvalue weighted by Crippen LogP contribution is 2.48. The maximum atomic E-state index is 13.8. The maximum absolute atomic E-state index is 13.8. The number of nitrogens with zero attached hydrogens (tertiary/aromatic N) is 2. The molecule has 0 N–H and O–H groups in total.